The van der Waals surface area contributed by atoms with Crippen molar-refractivity contribution in [2.45, 2.75) is 70.4 Å². The van der Waals surface area contributed by atoms with Crippen LogP contribution in [0.1, 0.15) is 57.4 Å². The first-order valence-corrected chi connectivity index (χ1v) is 24.4. The third-order valence-electron chi connectivity index (χ3n) is 11.8. The standard InChI is InChI=1S/C46H48N4O6S4/c1-46(2)28-30(22-44-47(3)40-24-34-32-13-5-7-15-36(32)49(38(34)26-42(40)58-44)17-9-11-19-57-56-55-51)21-31(29-46)23-45-48(4)41-25-35-33-14-6-8-16-37(33)50(39(35)27-43(41)59-45)18-10-12-20-60(52,53)54/h5-8,13-16,21-27H,9-12,17-20,28-29H2,1-4H3,(H-,51,52,53,54)/p-1. The number of nitrogens with zero attached hydrogens (tertiary/aromatic N) is 4. The van der Waals surface area contributed by atoms with E-state index >= 15 is 0 Å². The second-order valence-corrected chi connectivity index (χ2v) is 21.2. The lowest BCUT2D eigenvalue weighted by Crippen LogP contribution is -2.29. The van der Waals surface area contributed by atoms with E-state index in [0.717, 1.165) is 55.3 Å². The lowest BCUT2D eigenvalue weighted by Gasteiger charge is -2.30. The van der Waals surface area contributed by atoms with Crippen molar-refractivity contribution >= 4 is 111 Å². The van der Waals surface area contributed by atoms with Crippen molar-refractivity contribution in [2.75, 3.05) is 23.5 Å². The molecule has 9 rings (SSSR count). The van der Waals surface area contributed by atoms with Gasteiger partial charge in [0, 0.05) is 93.3 Å². The molecule has 0 saturated carbocycles. The highest BCUT2D eigenvalue weighted by molar-refractivity contribution is 8.03. The number of aromatic nitrogens is 3. The molecule has 4 heterocycles. The molecule has 7 aromatic rings. The topological polar surface area (TPSA) is 116 Å². The zero-order chi connectivity index (χ0) is 41.8. The van der Waals surface area contributed by atoms with Crippen LogP contribution in [0.4, 0.5) is 5.69 Å². The summed E-state index contributed by atoms with van der Waals surface area (Å²) in [6.45, 7) is 6.23. The second-order valence-electron chi connectivity index (χ2n) is 16.7. The molecule has 0 unspecified atom stereocenters. The number of benzene rings is 4. The van der Waals surface area contributed by atoms with E-state index in [1.54, 1.807) is 11.8 Å². The average molecular weight is 880 g/mol. The SMILES string of the molecule is CN1C(=CC2=CC(=Cc3sc4cc5c(cc4[n+]3C)c3ccccc3n5CCCCSOO[O-])CC(C)(C)C2)Sc2cc3c(cc21)c1ccccc1n3CCCCS(=O)(=O)[O-]. The van der Waals surface area contributed by atoms with Crippen molar-refractivity contribution < 1.29 is 32.2 Å². The molecule has 1 aliphatic carbocycles. The lowest BCUT2D eigenvalue weighted by molar-refractivity contribution is -0.777. The van der Waals surface area contributed by atoms with Crippen molar-refractivity contribution in [3.63, 3.8) is 0 Å². The highest BCUT2D eigenvalue weighted by atomic mass is 32.2. The summed E-state index contributed by atoms with van der Waals surface area (Å²) in [5.74, 6) is 0.357. The molecule has 0 atom stereocenters. The molecule has 2 aliphatic rings. The van der Waals surface area contributed by atoms with Gasteiger partial charge in [-0.05, 0) is 91.5 Å². The Morgan fingerprint density at radius 3 is 2.22 bits per heavy atom. The van der Waals surface area contributed by atoms with Gasteiger partial charge in [0.1, 0.15) is 11.7 Å². The zero-order valence-electron chi connectivity index (χ0n) is 34.1. The Morgan fingerprint density at radius 1 is 0.850 bits per heavy atom. The number of hydrogen-bond donors (Lipinski definition) is 0. The monoisotopic (exact) mass is 879 g/mol. The van der Waals surface area contributed by atoms with Crippen LogP contribution >= 0.6 is 35.1 Å². The maximum Gasteiger partial charge on any atom is 0.262 e. The molecule has 0 bridgehead atoms. The van der Waals surface area contributed by atoms with Gasteiger partial charge in [-0.3, -0.25) is 5.04 Å². The first kappa shape index (κ1) is 41.2. The predicted octanol–water partition coefficient (Wildman–Crippen LogP) is 10.1. The van der Waals surface area contributed by atoms with Crippen LogP contribution in [-0.4, -0.2) is 40.7 Å². The minimum absolute atomic E-state index is 0.0890. The van der Waals surface area contributed by atoms with Crippen LogP contribution in [0.3, 0.4) is 0 Å². The first-order chi connectivity index (χ1) is 28.9. The molecule has 1 aliphatic heterocycles. The molecular weight excluding hydrogens is 833 g/mol. The van der Waals surface area contributed by atoms with Gasteiger partial charge in [-0.2, -0.15) is 8.90 Å². The number of unbranched alkanes of at least 4 members (excludes halogenated alkanes) is 2. The minimum atomic E-state index is -4.23. The first-order valence-electron chi connectivity index (χ1n) is 20.3. The number of anilines is 1. The van der Waals surface area contributed by atoms with Gasteiger partial charge in [-0.15, -0.1) is 0 Å². The van der Waals surface area contributed by atoms with Crippen LogP contribution in [0.25, 0.3) is 59.9 Å². The van der Waals surface area contributed by atoms with Gasteiger partial charge in [0.25, 0.3) is 5.01 Å². The third-order valence-corrected chi connectivity index (χ3v) is 15.5. The molecule has 0 N–H and O–H groups in total. The molecule has 0 saturated heterocycles. The molecule has 0 fully saturated rings. The molecule has 0 radical (unpaired) electrons. The maximum atomic E-state index is 11.3. The normalized spacial score (nSPS) is 17.1. The summed E-state index contributed by atoms with van der Waals surface area (Å²) in [6.07, 6.45) is 11.9. The molecule has 60 heavy (non-hydrogen) atoms. The number of thiazole rings is 1. The van der Waals surface area contributed by atoms with E-state index < -0.39 is 10.1 Å². The van der Waals surface area contributed by atoms with Crippen molar-refractivity contribution in [3.05, 3.63) is 106 Å². The van der Waals surface area contributed by atoms with Crippen molar-refractivity contribution in [1.82, 2.24) is 9.13 Å². The van der Waals surface area contributed by atoms with Crippen LogP contribution in [0.2, 0.25) is 0 Å². The molecule has 312 valence electrons. The summed E-state index contributed by atoms with van der Waals surface area (Å²) in [7, 11) is 0.100. The molecular formula is C46H47N4O6S4-. The molecule has 0 spiro atoms. The van der Waals surface area contributed by atoms with E-state index in [9.17, 15) is 18.2 Å². The van der Waals surface area contributed by atoms with Crippen molar-refractivity contribution in [3.8, 4) is 0 Å². The van der Waals surface area contributed by atoms with E-state index in [0.29, 0.717) is 25.1 Å². The summed E-state index contributed by atoms with van der Waals surface area (Å²) in [5, 5.41) is 20.9. The fraction of sp³-hybridized carbons (Fsp3) is 0.326. The number of rotatable bonds is 14. The third kappa shape index (κ3) is 8.16. The molecule has 10 nitrogen and oxygen atoms in total. The van der Waals surface area contributed by atoms with Crippen LogP contribution in [0, 0.1) is 5.41 Å². The Kier molecular flexibility index (Phi) is 11.4. The van der Waals surface area contributed by atoms with Gasteiger partial charge in [-0.25, -0.2) is 8.42 Å². The summed E-state index contributed by atoms with van der Waals surface area (Å²) >= 11 is 4.67. The number of fused-ring (bicyclic) bond motifs is 8. The molecule has 0 amide bonds. The highest BCUT2D eigenvalue weighted by Gasteiger charge is 2.30. The smallest absolute Gasteiger partial charge is 0.262 e. The van der Waals surface area contributed by atoms with E-state index in [4.69, 9.17) is 0 Å². The number of aryl methyl sites for hydroxylation is 3. The molecule has 3 aromatic heterocycles. The number of thioether (sulfide) groups is 1. The fourth-order valence-corrected chi connectivity index (χ4v) is 12.5. The van der Waals surface area contributed by atoms with Crippen LogP contribution in [-0.2, 0) is 39.6 Å². The Balaban J connectivity index is 1.01. The largest absolute Gasteiger partial charge is 0.748 e. The van der Waals surface area contributed by atoms with Gasteiger partial charge < -0.3 is 23.8 Å². The van der Waals surface area contributed by atoms with Gasteiger partial charge in [-0.1, -0.05) is 79.4 Å². The lowest BCUT2D eigenvalue weighted by atomic mass is 9.75. The predicted molar refractivity (Wildman–Crippen MR) is 245 cm³/mol. The van der Waals surface area contributed by atoms with E-state index in [2.05, 4.69) is 141 Å². The van der Waals surface area contributed by atoms with Crippen LogP contribution in [0.5, 0.6) is 0 Å². The quantitative estimate of drug-likeness (QED) is 0.0263. The van der Waals surface area contributed by atoms with Crippen LogP contribution in [0.15, 0.2) is 106 Å². The summed E-state index contributed by atoms with van der Waals surface area (Å²) in [5.41, 5.74) is 9.83. The average Bonchev–Trinajstić information content (AvgIpc) is 3.89. The van der Waals surface area contributed by atoms with Crippen LogP contribution < -0.4 is 14.7 Å². The summed E-state index contributed by atoms with van der Waals surface area (Å²) in [4.78, 5) is 3.50. The number of hydrogen-bond acceptors (Lipinski definition) is 10. The van der Waals surface area contributed by atoms with Gasteiger partial charge >= 0.3 is 0 Å². The zero-order valence-corrected chi connectivity index (χ0v) is 37.4. The highest BCUT2D eigenvalue weighted by Crippen LogP contribution is 2.50. The van der Waals surface area contributed by atoms with Gasteiger partial charge in [0.2, 0.25) is 5.52 Å². The fourth-order valence-electron chi connectivity index (χ4n) is 9.19. The maximum absolute atomic E-state index is 11.3. The van der Waals surface area contributed by atoms with Crippen molar-refractivity contribution in [1.29, 1.82) is 0 Å². The number of allylic oxidation sites excluding steroid dienone is 4. The minimum Gasteiger partial charge on any atom is -0.748 e. The van der Waals surface area contributed by atoms with Gasteiger partial charge in [0.05, 0.1) is 31.9 Å². The molecule has 4 aromatic carbocycles. The van der Waals surface area contributed by atoms with E-state index in [1.807, 2.05) is 17.4 Å². The second kappa shape index (κ2) is 16.6. The molecule has 14 heteroatoms. The number of para-hydroxylation sites is 2. The van der Waals surface area contributed by atoms with E-state index in [1.165, 1.54) is 74.6 Å². The summed E-state index contributed by atoms with van der Waals surface area (Å²) < 4.78 is 46.5. The summed E-state index contributed by atoms with van der Waals surface area (Å²) in [6, 6.07) is 26.3. The Morgan fingerprint density at radius 2 is 1.52 bits per heavy atom. The Hall–Kier alpha value is -4.12. The van der Waals surface area contributed by atoms with E-state index in [-0.39, 0.29) is 11.2 Å². The Labute approximate surface area is 362 Å². The Bertz CT molecular complexity index is 3010. The van der Waals surface area contributed by atoms with Gasteiger partial charge in [0.15, 0.2) is 0 Å². The van der Waals surface area contributed by atoms with Crippen molar-refractivity contribution in [2.24, 2.45) is 12.5 Å².